The third-order valence-corrected chi connectivity index (χ3v) is 6.05. The Bertz CT molecular complexity index is 1340. The summed E-state index contributed by atoms with van der Waals surface area (Å²) in [4.78, 5) is 35.5. The van der Waals surface area contributed by atoms with Crippen LogP contribution in [0.1, 0.15) is 34.8 Å². The molecule has 0 saturated carbocycles. The van der Waals surface area contributed by atoms with E-state index < -0.39 is 12.1 Å². The monoisotopic (exact) mass is 439 g/mol. The molecule has 0 bridgehead atoms. The molecule has 1 atom stereocenters. The first kappa shape index (κ1) is 20.9. The van der Waals surface area contributed by atoms with Crippen LogP contribution in [-0.2, 0) is 16.0 Å². The standard InChI is InChI=1S/C27H25N3O3/c1-17-9-11-20(12-10-17)25-28-22-14-13-21(16-23(22)29-25)27(32)33-18(2)26(31)30-15-5-7-19-6-3-4-8-24(19)30/h3-4,6,8-14,16,18H,5,7,15H2,1-2H3,(H,28,29). The first-order valence-electron chi connectivity index (χ1n) is 11.2. The number of para-hydroxylation sites is 1. The highest BCUT2D eigenvalue weighted by Gasteiger charge is 2.28. The molecule has 0 radical (unpaired) electrons. The van der Waals surface area contributed by atoms with Crippen molar-refractivity contribution in [3.63, 3.8) is 0 Å². The predicted molar refractivity (Wildman–Crippen MR) is 128 cm³/mol. The second-order valence-corrected chi connectivity index (χ2v) is 8.45. The normalized spacial score (nSPS) is 14.1. The van der Waals surface area contributed by atoms with Gasteiger partial charge in [-0.2, -0.15) is 0 Å². The van der Waals surface area contributed by atoms with Gasteiger partial charge in [-0.3, -0.25) is 4.79 Å². The largest absolute Gasteiger partial charge is 0.449 e. The van der Waals surface area contributed by atoms with Gasteiger partial charge in [-0.1, -0.05) is 48.0 Å². The van der Waals surface area contributed by atoms with Crippen molar-refractivity contribution in [2.45, 2.75) is 32.8 Å². The van der Waals surface area contributed by atoms with Crippen LogP contribution in [0, 0.1) is 6.92 Å². The Hall–Kier alpha value is -3.93. The van der Waals surface area contributed by atoms with E-state index in [1.165, 1.54) is 5.56 Å². The van der Waals surface area contributed by atoms with Crippen LogP contribution >= 0.6 is 0 Å². The summed E-state index contributed by atoms with van der Waals surface area (Å²) in [5.74, 6) is -0.00265. The van der Waals surface area contributed by atoms with Gasteiger partial charge in [-0.05, 0) is 56.5 Å². The van der Waals surface area contributed by atoms with Gasteiger partial charge >= 0.3 is 5.97 Å². The fourth-order valence-corrected chi connectivity index (χ4v) is 4.25. The van der Waals surface area contributed by atoms with Crippen LogP contribution in [-0.4, -0.2) is 34.5 Å². The van der Waals surface area contributed by atoms with Crippen LogP contribution in [0.5, 0.6) is 0 Å². The molecule has 166 valence electrons. The van der Waals surface area contributed by atoms with Gasteiger partial charge in [0.1, 0.15) is 5.82 Å². The molecule has 1 aliphatic heterocycles. The van der Waals surface area contributed by atoms with Crippen molar-refractivity contribution >= 4 is 28.6 Å². The summed E-state index contributed by atoms with van der Waals surface area (Å²) in [5, 5.41) is 0. The van der Waals surface area contributed by atoms with E-state index in [4.69, 9.17) is 4.74 Å². The van der Waals surface area contributed by atoms with Crippen molar-refractivity contribution in [2.24, 2.45) is 0 Å². The summed E-state index contributed by atoms with van der Waals surface area (Å²) >= 11 is 0. The molecule has 1 amide bonds. The summed E-state index contributed by atoms with van der Waals surface area (Å²) in [5.41, 5.74) is 6.07. The van der Waals surface area contributed by atoms with Gasteiger partial charge in [0.15, 0.2) is 6.10 Å². The second-order valence-electron chi connectivity index (χ2n) is 8.45. The maximum absolute atomic E-state index is 13.1. The third kappa shape index (κ3) is 4.12. The number of benzene rings is 3. The van der Waals surface area contributed by atoms with E-state index in [0.29, 0.717) is 12.1 Å². The number of aryl methyl sites for hydroxylation is 2. The van der Waals surface area contributed by atoms with E-state index in [2.05, 4.69) is 9.97 Å². The molecule has 33 heavy (non-hydrogen) atoms. The molecule has 6 nitrogen and oxygen atoms in total. The van der Waals surface area contributed by atoms with Crippen molar-refractivity contribution in [3.8, 4) is 11.4 Å². The Labute approximate surface area is 192 Å². The molecule has 3 aromatic carbocycles. The van der Waals surface area contributed by atoms with E-state index in [0.717, 1.165) is 46.5 Å². The summed E-state index contributed by atoms with van der Waals surface area (Å²) in [7, 11) is 0. The van der Waals surface area contributed by atoms with Gasteiger partial charge in [0.2, 0.25) is 0 Å². The Morgan fingerprint density at radius 3 is 2.67 bits per heavy atom. The van der Waals surface area contributed by atoms with E-state index in [1.807, 2.05) is 55.5 Å². The number of aromatic amines is 1. The fourth-order valence-electron chi connectivity index (χ4n) is 4.25. The van der Waals surface area contributed by atoms with E-state index in [1.54, 1.807) is 30.0 Å². The Kier molecular flexibility index (Phi) is 5.42. The minimum Gasteiger partial charge on any atom is -0.449 e. The van der Waals surface area contributed by atoms with Crippen molar-refractivity contribution in [1.82, 2.24) is 9.97 Å². The summed E-state index contributed by atoms with van der Waals surface area (Å²) in [6.45, 7) is 4.29. The van der Waals surface area contributed by atoms with Crippen LogP contribution in [0.2, 0.25) is 0 Å². The number of aromatic nitrogens is 2. The lowest BCUT2D eigenvalue weighted by atomic mass is 10.0. The van der Waals surface area contributed by atoms with Crippen molar-refractivity contribution < 1.29 is 14.3 Å². The average molecular weight is 440 g/mol. The highest BCUT2D eigenvalue weighted by atomic mass is 16.5. The summed E-state index contributed by atoms with van der Waals surface area (Å²) in [6.07, 6.45) is 0.954. The van der Waals surface area contributed by atoms with Crippen LogP contribution in [0.25, 0.3) is 22.4 Å². The smallest absolute Gasteiger partial charge is 0.338 e. The molecule has 0 saturated heterocycles. The Morgan fingerprint density at radius 1 is 1.06 bits per heavy atom. The number of esters is 1. The molecule has 1 unspecified atom stereocenters. The maximum Gasteiger partial charge on any atom is 0.338 e. The number of carbonyl (C=O) groups is 2. The number of rotatable bonds is 4. The lowest BCUT2D eigenvalue weighted by molar-refractivity contribution is -0.126. The van der Waals surface area contributed by atoms with Crippen LogP contribution in [0.3, 0.4) is 0 Å². The maximum atomic E-state index is 13.1. The predicted octanol–water partition coefficient (Wildman–Crippen LogP) is 5.06. The highest BCUT2D eigenvalue weighted by molar-refractivity contribution is 6.00. The lowest BCUT2D eigenvalue weighted by Crippen LogP contribution is -2.42. The molecule has 5 rings (SSSR count). The van der Waals surface area contributed by atoms with Crippen molar-refractivity contribution in [2.75, 3.05) is 11.4 Å². The molecule has 2 heterocycles. The topological polar surface area (TPSA) is 75.3 Å². The van der Waals surface area contributed by atoms with Gasteiger partial charge in [0, 0.05) is 17.8 Å². The van der Waals surface area contributed by atoms with Crippen LogP contribution in [0.4, 0.5) is 5.69 Å². The zero-order valence-electron chi connectivity index (χ0n) is 18.7. The van der Waals surface area contributed by atoms with E-state index in [9.17, 15) is 9.59 Å². The van der Waals surface area contributed by atoms with Crippen molar-refractivity contribution in [1.29, 1.82) is 0 Å². The van der Waals surface area contributed by atoms with E-state index >= 15 is 0 Å². The van der Waals surface area contributed by atoms with Gasteiger partial charge in [-0.15, -0.1) is 0 Å². The molecule has 1 N–H and O–H groups in total. The fraction of sp³-hybridized carbons (Fsp3) is 0.222. The quantitative estimate of drug-likeness (QED) is 0.451. The number of nitrogens with zero attached hydrogens (tertiary/aromatic N) is 2. The number of carbonyl (C=O) groups excluding carboxylic acids is 2. The zero-order valence-corrected chi connectivity index (χ0v) is 18.7. The molecule has 4 aromatic rings. The lowest BCUT2D eigenvalue weighted by Gasteiger charge is -2.31. The molecule has 6 heteroatoms. The molecular formula is C27H25N3O3. The SMILES string of the molecule is Cc1ccc(-c2nc3ccc(C(=O)OC(C)C(=O)N4CCCc5ccccc54)cc3[nH]2)cc1. The van der Waals surface area contributed by atoms with Crippen molar-refractivity contribution in [3.05, 3.63) is 83.4 Å². The summed E-state index contributed by atoms with van der Waals surface area (Å²) < 4.78 is 5.56. The first-order chi connectivity index (χ1) is 16.0. The minimum atomic E-state index is -0.885. The number of hydrogen-bond acceptors (Lipinski definition) is 4. The number of imidazole rings is 1. The van der Waals surface area contributed by atoms with Gasteiger partial charge in [-0.25, -0.2) is 9.78 Å². The van der Waals surface area contributed by atoms with Gasteiger partial charge < -0.3 is 14.6 Å². The number of anilines is 1. The van der Waals surface area contributed by atoms with Gasteiger partial charge in [0.25, 0.3) is 5.91 Å². The third-order valence-electron chi connectivity index (χ3n) is 6.05. The molecule has 0 fully saturated rings. The number of amides is 1. The number of fused-ring (bicyclic) bond motifs is 2. The molecular weight excluding hydrogens is 414 g/mol. The highest BCUT2D eigenvalue weighted by Crippen LogP contribution is 2.28. The first-order valence-corrected chi connectivity index (χ1v) is 11.2. The van der Waals surface area contributed by atoms with E-state index in [-0.39, 0.29) is 5.91 Å². The molecule has 1 aromatic heterocycles. The second kappa shape index (κ2) is 8.54. The molecule has 1 aliphatic rings. The Morgan fingerprint density at radius 2 is 1.85 bits per heavy atom. The molecule has 0 aliphatic carbocycles. The van der Waals surface area contributed by atoms with Crippen LogP contribution < -0.4 is 4.90 Å². The number of hydrogen-bond donors (Lipinski definition) is 1. The number of nitrogens with one attached hydrogen (secondary N) is 1. The Balaban J connectivity index is 1.32. The van der Waals surface area contributed by atoms with Crippen LogP contribution in [0.15, 0.2) is 66.7 Å². The van der Waals surface area contributed by atoms with Gasteiger partial charge in [0.05, 0.1) is 16.6 Å². The summed E-state index contributed by atoms with van der Waals surface area (Å²) in [6, 6.07) is 21.1. The number of H-pyrrole nitrogens is 1. The zero-order chi connectivity index (χ0) is 22.9. The minimum absolute atomic E-state index is 0.209. The number of ether oxygens (including phenoxy) is 1. The molecule has 0 spiro atoms. The average Bonchev–Trinajstić information content (AvgIpc) is 3.27.